The smallest absolute Gasteiger partial charge is 0.191 e. The number of ether oxygens (including phenoxy) is 3. The predicted molar refractivity (Wildman–Crippen MR) is 103 cm³/mol. The highest BCUT2D eigenvalue weighted by Gasteiger charge is 2.59. The van der Waals surface area contributed by atoms with E-state index in [0.717, 1.165) is 36.0 Å². The average molecular weight is 361 g/mol. The normalized spacial score (nSPS) is 27.9. The molecule has 1 aromatic carbocycles. The summed E-state index contributed by atoms with van der Waals surface area (Å²) in [6.07, 6.45) is 1.47. The molecule has 0 bridgehead atoms. The van der Waals surface area contributed by atoms with Gasteiger partial charge >= 0.3 is 0 Å². The molecule has 1 saturated heterocycles. The fraction of sp³-hybridized carbons (Fsp3) is 0.650. The summed E-state index contributed by atoms with van der Waals surface area (Å²) in [4.78, 5) is 4.43. The van der Waals surface area contributed by atoms with Crippen LogP contribution in [-0.4, -0.2) is 46.0 Å². The van der Waals surface area contributed by atoms with Crippen LogP contribution in [0.1, 0.15) is 38.8 Å². The van der Waals surface area contributed by atoms with E-state index in [2.05, 4.69) is 36.4 Å². The topological polar surface area (TPSA) is 64.1 Å². The molecule has 0 amide bonds. The van der Waals surface area contributed by atoms with Gasteiger partial charge in [0.05, 0.1) is 26.4 Å². The van der Waals surface area contributed by atoms with Crippen LogP contribution in [-0.2, 0) is 4.74 Å². The molecule has 2 aliphatic rings. The lowest BCUT2D eigenvalue weighted by molar-refractivity contribution is -0.106. The highest BCUT2D eigenvalue weighted by molar-refractivity contribution is 5.81. The maximum absolute atomic E-state index is 5.89. The van der Waals surface area contributed by atoms with Crippen LogP contribution in [0.15, 0.2) is 23.2 Å². The SMILES string of the molecule is CN=C(NC(C)c1cc(OC)ccc1OC)NC1C2CCOC2C1(C)C. The maximum Gasteiger partial charge on any atom is 0.191 e. The van der Waals surface area contributed by atoms with Crippen LogP contribution in [0, 0.1) is 11.3 Å². The molecule has 3 rings (SSSR count). The number of methoxy groups -OCH3 is 2. The number of rotatable bonds is 5. The van der Waals surface area contributed by atoms with E-state index in [1.54, 1.807) is 21.3 Å². The monoisotopic (exact) mass is 361 g/mol. The minimum absolute atomic E-state index is 0.0186. The summed E-state index contributed by atoms with van der Waals surface area (Å²) < 4.78 is 16.8. The molecular weight excluding hydrogens is 330 g/mol. The summed E-state index contributed by atoms with van der Waals surface area (Å²) in [5.74, 6) is 2.99. The van der Waals surface area contributed by atoms with Gasteiger partial charge in [0.1, 0.15) is 11.5 Å². The van der Waals surface area contributed by atoms with Gasteiger partial charge in [0.15, 0.2) is 5.96 Å². The molecule has 1 aromatic rings. The van der Waals surface area contributed by atoms with Crippen molar-refractivity contribution in [2.45, 2.75) is 45.4 Å². The van der Waals surface area contributed by atoms with E-state index in [0.29, 0.717) is 18.1 Å². The van der Waals surface area contributed by atoms with E-state index in [4.69, 9.17) is 14.2 Å². The first-order chi connectivity index (χ1) is 12.4. The maximum atomic E-state index is 5.89. The average Bonchev–Trinajstić information content (AvgIpc) is 3.11. The number of guanidine groups is 1. The third-order valence-corrected chi connectivity index (χ3v) is 5.87. The van der Waals surface area contributed by atoms with Gasteiger partial charge in [-0.1, -0.05) is 13.8 Å². The summed E-state index contributed by atoms with van der Waals surface area (Å²) in [6, 6.07) is 6.21. The largest absolute Gasteiger partial charge is 0.497 e. The lowest BCUT2D eigenvalue weighted by Gasteiger charge is -2.55. The molecule has 1 heterocycles. The van der Waals surface area contributed by atoms with E-state index >= 15 is 0 Å². The van der Waals surface area contributed by atoms with Crippen molar-refractivity contribution in [3.63, 3.8) is 0 Å². The number of fused-ring (bicyclic) bond motifs is 1. The Kier molecular flexibility index (Phi) is 5.32. The summed E-state index contributed by atoms with van der Waals surface area (Å²) in [7, 11) is 5.16. The number of nitrogens with zero attached hydrogens (tertiary/aromatic N) is 1. The molecule has 0 radical (unpaired) electrons. The molecule has 26 heavy (non-hydrogen) atoms. The highest BCUT2D eigenvalue weighted by Crippen LogP contribution is 2.52. The van der Waals surface area contributed by atoms with Crippen LogP contribution in [0.3, 0.4) is 0 Å². The molecule has 0 spiro atoms. The van der Waals surface area contributed by atoms with Gasteiger partial charge < -0.3 is 24.8 Å². The zero-order chi connectivity index (χ0) is 18.9. The summed E-state index contributed by atoms with van der Waals surface area (Å²) >= 11 is 0. The minimum Gasteiger partial charge on any atom is -0.497 e. The second-order valence-electron chi connectivity index (χ2n) is 7.73. The molecule has 1 aliphatic carbocycles. The standard InChI is InChI=1S/C20H31N3O3/c1-12(15-11-13(24-5)7-8-16(15)25-6)22-19(21-4)23-17-14-9-10-26-18(14)20(17,2)3/h7-8,11-12,14,17-18H,9-10H2,1-6H3,(H2,21,22,23). The zero-order valence-electron chi connectivity index (χ0n) is 16.6. The van der Waals surface area contributed by atoms with E-state index in [9.17, 15) is 0 Å². The van der Waals surface area contributed by atoms with Crippen LogP contribution in [0.2, 0.25) is 0 Å². The molecule has 6 nitrogen and oxygen atoms in total. The van der Waals surface area contributed by atoms with Crippen molar-refractivity contribution in [2.75, 3.05) is 27.9 Å². The van der Waals surface area contributed by atoms with Crippen molar-refractivity contribution >= 4 is 5.96 Å². The lowest BCUT2D eigenvalue weighted by Crippen LogP contribution is -2.68. The van der Waals surface area contributed by atoms with Crippen molar-refractivity contribution in [3.05, 3.63) is 23.8 Å². The van der Waals surface area contributed by atoms with E-state index in [1.165, 1.54) is 0 Å². The minimum atomic E-state index is 0.0186. The molecule has 1 aliphatic heterocycles. The predicted octanol–water partition coefficient (Wildman–Crippen LogP) is 2.74. The first kappa shape index (κ1) is 18.8. The van der Waals surface area contributed by atoms with Crippen LogP contribution in [0.5, 0.6) is 11.5 Å². The fourth-order valence-corrected chi connectivity index (χ4v) is 4.40. The summed E-state index contributed by atoms with van der Waals surface area (Å²) in [5, 5.41) is 7.11. The number of aliphatic imine (C=N–C) groups is 1. The van der Waals surface area contributed by atoms with Crippen molar-refractivity contribution in [1.29, 1.82) is 0 Å². The first-order valence-electron chi connectivity index (χ1n) is 9.25. The van der Waals surface area contributed by atoms with Crippen molar-refractivity contribution in [1.82, 2.24) is 10.6 Å². The summed E-state index contributed by atoms with van der Waals surface area (Å²) in [5.41, 5.74) is 1.14. The number of nitrogens with one attached hydrogen (secondary N) is 2. The molecule has 2 fully saturated rings. The van der Waals surface area contributed by atoms with Gasteiger partial charge in [-0.05, 0) is 31.5 Å². The van der Waals surface area contributed by atoms with Crippen molar-refractivity contribution in [2.24, 2.45) is 16.3 Å². The molecular formula is C20H31N3O3. The Morgan fingerprint density at radius 3 is 2.73 bits per heavy atom. The highest BCUT2D eigenvalue weighted by atomic mass is 16.5. The van der Waals surface area contributed by atoms with Gasteiger partial charge in [-0.25, -0.2) is 0 Å². The molecule has 0 aromatic heterocycles. The summed E-state index contributed by atoms with van der Waals surface area (Å²) in [6.45, 7) is 7.48. The Bertz CT molecular complexity index is 674. The van der Waals surface area contributed by atoms with Gasteiger partial charge in [0.2, 0.25) is 0 Å². The van der Waals surface area contributed by atoms with Gasteiger partial charge in [-0.2, -0.15) is 0 Å². The molecule has 4 unspecified atom stereocenters. The quantitative estimate of drug-likeness (QED) is 0.624. The number of hydrogen-bond donors (Lipinski definition) is 2. The molecule has 1 saturated carbocycles. The Morgan fingerprint density at radius 2 is 2.08 bits per heavy atom. The van der Waals surface area contributed by atoms with E-state index in [1.807, 2.05) is 18.2 Å². The molecule has 6 heteroatoms. The Morgan fingerprint density at radius 1 is 1.31 bits per heavy atom. The third-order valence-electron chi connectivity index (χ3n) is 5.87. The van der Waals surface area contributed by atoms with Gasteiger partial charge in [-0.3, -0.25) is 4.99 Å². The van der Waals surface area contributed by atoms with Crippen LogP contribution in [0.4, 0.5) is 0 Å². The van der Waals surface area contributed by atoms with Crippen molar-refractivity contribution < 1.29 is 14.2 Å². The second-order valence-corrected chi connectivity index (χ2v) is 7.73. The second kappa shape index (κ2) is 7.35. The fourth-order valence-electron chi connectivity index (χ4n) is 4.40. The number of hydrogen-bond acceptors (Lipinski definition) is 4. The van der Waals surface area contributed by atoms with Gasteiger partial charge in [0, 0.05) is 36.6 Å². The Labute approximate surface area is 156 Å². The Hall–Kier alpha value is -1.95. The van der Waals surface area contributed by atoms with Crippen LogP contribution < -0.4 is 20.1 Å². The Balaban J connectivity index is 1.71. The van der Waals surface area contributed by atoms with Crippen molar-refractivity contribution in [3.8, 4) is 11.5 Å². The van der Waals surface area contributed by atoms with E-state index < -0.39 is 0 Å². The van der Waals surface area contributed by atoms with E-state index in [-0.39, 0.29) is 11.5 Å². The molecule has 2 N–H and O–H groups in total. The zero-order valence-corrected chi connectivity index (χ0v) is 16.6. The molecule has 144 valence electrons. The lowest BCUT2D eigenvalue weighted by atomic mass is 9.57. The third kappa shape index (κ3) is 3.22. The van der Waals surface area contributed by atoms with Gasteiger partial charge in [-0.15, -0.1) is 0 Å². The molecule has 4 atom stereocenters. The van der Waals surface area contributed by atoms with Crippen LogP contribution in [0.25, 0.3) is 0 Å². The van der Waals surface area contributed by atoms with Gasteiger partial charge in [0.25, 0.3) is 0 Å². The number of benzene rings is 1. The first-order valence-corrected chi connectivity index (χ1v) is 9.25. The van der Waals surface area contributed by atoms with Crippen LogP contribution >= 0.6 is 0 Å².